The third-order valence-electron chi connectivity index (χ3n) is 4.82. The molecule has 24 heavy (non-hydrogen) atoms. The summed E-state index contributed by atoms with van der Waals surface area (Å²) in [4.78, 5) is 9.22. The number of hydrogen-bond donors (Lipinski definition) is 2. The van der Waals surface area contributed by atoms with Gasteiger partial charge in [0.2, 0.25) is 0 Å². The molecule has 0 aliphatic heterocycles. The van der Waals surface area contributed by atoms with Gasteiger partial charge >= 0.3 is 0 Å². The smallest absolute Gasteiger partial charge is 0.191 e. The first-order valence-electron chi connectivity index (χ1n) is 9.11. The van der Waals surface area contributed by atoms with Crippen LogP contribution in [0.25, 0.3) is 0 Å². The Bertz CT molecular complexity index is 524. The van der Waals surface area contributed by atoms with E-state index in [0.29, 0.717) is 12.0 Å². The molecule has 1 aromatic heterocycles. The van der Waals surface area contributed by atoms with E-state index < -0.39 is 0 Å². The van der Waals surface area contributed by atoms with Crippen LogP contribution in [-0.2, 0) is 11.3 Å². The van der Waals surface area contributed by atoms with Gasteiger partial charge in [0.15, 0.2) is 5.96 Å². The van der Waals surface area contributed by atoms with Crippen molar-refractivity contribution in [3.63, 3.8) is 0 Å². The van der Waals surface area contributed by atoms with E-state index in [0.717, 1.165) is 43.5 Å². The van der Waals surface area contributed by atoms with Gasteiger partial charge in [0.1, 0.15) is 0 Å². The van der Waals surface area contributed by atoms with Crippen LogP contribution >= 0.6 is 0 Å². The molecular formula is C19H32N4O. The molecule has 1 aromatic rings. The molecule has 2 N–H and O–H groups in total. The molecule has 1 saturated carbocycles. The highest BCUT2D eigenvalue weighted by molar-refractivity contribution is 5.79. The summed E-state index contributed by atoms with van der Waals surface area (Å²) < 4.78 is 5.32. The molecule has 0 saturated heterocycles. The second-order valence-electron chi connectivity index (χ2n) is 6.77. The third kappa shape index (κ3) is 5.78. The monoisotopic (exact) mass is 332 g/mol. The summed E-state index contributed by atoms with van der Waals surface area (Å²) in [6.45, 7) is 7.36. The second-order valence-corrected chi connectivity index (χ2v) is 6.77. The third-order valence-corrected chi connectivity index (χ3v) is 4.82. The Morgan fingerprint density at radius 1 is 1.29 bits per heavy atom. The van der Waals surface area contributed by atoms with Crippen LogP contribution in [0.2, 0.25) is 0 Å². The summed E-state index contributed by atoms with van der Waals surface area (Å²) in [5.74, 6) is 0.879. The molecule has 0 bridgehead atoms. The van der Waals surface area contributed by atoms with Gasteiger partial charge in [0.25, 0.3) is 0 Å². The summed E-state index contributed by atoms with van der Waals surface area (Å²) in [5, 5.41) is 6.90. The molecule has 5 nitrogen and oxygen atoms in total. The highest BCUT2D eigenvalue weighted by Crippen LogP contribution is 2.40. The van der Waals surface area contributed by atoms with Crippen LogP contribution in [0.5, 0.6) is 0 Å². The number of hydrogen-bond acceptors (Lipinski definition) is 3. The fraction of sp³-hybridized carbons (Fsp3) is 0.684. The number of aryl methyl sites for hydroxylation is 1. The van der Waals surface area contributed by atoms with Gasteiger partial charge in [-0.3, -0.25) is 4.98 Å². The quantitative estimate of drug-likeness (QED) is 0.567. The fourth-order valence-corrected chi connectivity index (χ4v) is 3.42. The van der Waals surface area contributed by atoms with Crippen LogP contribution in [0, 0.1) is 12.3 Å². The average Bonchev–Trinajstić information content (AvgIpc) is 3.05. The van der Waals surface area contributed by atoms with Gasteiger partial charge in [-0.1, -0.05) is 18.9 Å². The van der Waals surface area contributed by atoms with Crippen molar-refractivity contribution in [1.29, 1.82) is 0 Å². The number of nitrogens with zero attached hydrogens (tertiary/aromatic N) is 2. The Kier molecular flexibility index (Phi) is 7.50. The summed E-state index contributed by atoms with van der Waals surface area (Å²) in [7, 11) is 1.79. The predicted molar refractivity (Wildman–Crippen MR) is 99.2 cm³/mol. The summed E-state index contributed by atoms with van der Waals surface area (Å²) in [5.41, 5.74) is 2.39. The molecule has 0 spiro atoms. The maximum absolute atomic E-state index is 5.32. The normalized spacial score (nSPS) is 17.0. The van der Waals surface area contributed by atoms with Crippen molar-refractivity contribution in [2.75, 3.05) is 26.8 Å². The molecule has 0 amide bonds. The number of nitrogens with one attached hydrogen (secondary N) is 2. The molecule has 0 atom stereocenters. The molecule has 1 heterocycles. The Hall–Kier alpha value is -1.62. The number of aliphatic imine (C=N–C) groups is 1. The van der Waals surface area contributed by atoms with Crippen molar-refractivity contribution in [2.24, 2.45) is 10.4 Å². The van der Waals surface area contributed by atoms with Gasteiger partial charge in [-0.25, -0.2) is 4.99 Å². The lowest BCUT2D eigenvalue weighted by Crippen LogP contribution is -2.43. The average molecular weight is 332 g/mol. The van der Waals surface area contributed by atoms with E-state index in [1.807, 2.05) is 25.1 Å². The van der Waals surface area contributed by atoms with Gasteiger partial charge < -0.3 is 15.4 Å². The van der Waals surface area contributed by atoms with E-state index in [1.165, 1.54) is 25.7 Å². The van der Waals surface area contributed by atoms with Crippen molar-refractivity contribution in [3.8, 4) is 0 Å². The zero-order valence-electron chi connectivity index (χ0n) is 15.4. The van der Waals surface area contributed by atoms with E-state index in [4.69, 9.17) is 9.73 Å². The SMILES string of the molecule is CCNC(=NCc1cccc(C)n1)NCC1(CCOC)CCCC1. The van der Waals surface area contributed by atoms with Gasteiger partial charge in [-0.15, -0.1) is 0 Å². The lowest BCUT2D eigenvalue weighted by molar-refractivity contribution is 0.138. The molecule has 0 aromatic carbocycles. The molecule has 0 radical (unpaired) electrons. The summed E-state index contributed by atoms with van der Waals surface area (Å²) in [6.07, 6.45) is 6.33. The number of pyridine rings is 1. The first kappa shape index (κ1) is 18.7. The Morgan fingerprint density at radius 2 is 2.08 bits per heavy atom. The van der Waals surface area contributed by atoms with Crippen molar-refractivity contribution >= 4 is 5.96 Å². The van der Waals surface area contributed by atoms with Crippen molar-refractivity contribution in [2.45, 2.75) is 52.5 Å². The van der Waals surface area contributed by atoms with Crippen molar-refractivity contribution in [3.05, 3.63) is 29.6 Å². The largest absolute Gasteiger partial charge is 0.385 e. The fourth-order valence-electron chi connectivity index (χ4n) is 3.42. The van der Waals surface area contributed by atoms with Crippen LogP contribution < -0.4 is 10.6 Å². The first-order chi connectivity index (χ1) is 11.7. The lowest BCUT2D eigenvalue weighted by atomic mass is 9.83. The maximum Gasteiger partial charge on any atom is 0.191 e. The zero-order chi connectivity index (χ0) is 17.3. The van der Waals surface area contributed by atoms with Gasteiger partial charge in [0.05, 0.1) is 12.2 Å². The Labute approximate surface area is 146 Å². The zero-order valence-corrected chi connectivity index (χ0v) is 15.4. The standard InChI is InChI=1S/C19H32N4O/c1-4-20-18(21-14-17-9-7-8-16(2)23-17)22-15-19(12-13-24-3)10-5-6-11-19/h7-9H,4-6,10-15H2,1-3H3,(H2,20,21,22). The Balaban J connectivity index is 1.95. The van der Waals surface area contributed by atoms with E-state index in [9.17, 15) is 0 Å². The minimum absolute atomic E-state index is 0.355. The van der Waals surface area contributed by atoms with Crippen molar-refractivity contribution < 1.29 is 4.74 Å². The van der Waals surface area contributed by atoms with Crippen LogP contribution in [0.3, 0.4) is 0 Å². The molecule has 2 rings (SSSR count). The maximum atomic E-state index is 5.32. The Morgan fingerprint density at radius 3 is 2.75 bits per heavy atom. The van der Waals surface area contributed by atoms with Crippen LogP contribution in [-0.4, -0.2) is 37.7 Å². The van der Waals surface area contributed by atoms with E-state index in [2.05, 4.69) is 22.5 Å². The van der Waals surface area contributed by atoms with Gasteiger partial charge in [0, 0.05) is 32.5 Å². The van der Waals surface area contributed by atoms with Crippen LogP contribution in [0.4, 0.5) is 0 Å². The van der Waals surface area contributed by atoms with Crippen LogP contribution in [0.1, 0.15) is 50.4 Å². The minimum atomic E-state index is 0.355. The first-order valence-corrected chi connectivity index (χ1v) is 9.11. The molecule has 1 aliphatic carbocycles. The van der Waals surface area contributed by atoms with Crippen molar-refractivity contribution in [1.82, 2.24) is 15.6 Å². The predicted octanol–water partition coefficient (Wildman–Crippen LogP) is 3.04. The number of guanidine groups is 1. The molecule has 1 aliphatic rings. The second kappa shape index (κ2) is 9.62. The van der Waals surface area contributed by atoms with Gasteiger partial charge in [-0.05, 0) is 50.7 Å². The molecule has 5 heteroatoms. The topological polar surface area (TPSA) is 58.5 Å². The molecule has 134 valence electrons. The number of methoxy groups -OCH3 is 1. The number of aromatic nitrogens is 1. The van der Waals surface area contributed by atoms with E-state index in [-0.39, 0.29) is 0 Å². The lowest BCUT2D eigenvalue weighted by Gasteiger charge is -2.30. The number of rotatable bonds is 8. The van der Waals surface area contributed by atoms with E-state index in [1.54, 1.807) is 7.11 Å². The molecule has 0 unspecified atom stereocenters. The van der Waals surface area contributed by atoms with E-state index >= 15 is 0 Å². The summed E-state index contributed by atoms with van der Waals surface area (Å²) in [6, 6.07) is 6.07. The van der Waals surface area contributed by atoms with Crippen LogP contribution in [0.15, 0.2) is 23.2 Å². The summed E-state index contributed by atoms with van der Waals surface area (Å²) >= 11 is 0. The molecule has 1 fully saturated rings. The minimum Gasteiger partial charge on any atom is -0.385 e. The highest BCUT2D eigenvalue weighted by Gasteiger charge is 2.33. The molecular weight excluding hydrogens is 300 g/mol. The highest BCUT2D eigenvalue weighted by atomic mass is 16.5. The number of ether oxygens (including phenoxy) is 1. The van der Waals surface area contributed by atoms with Gasteiger partial charge in [-0.2, -0.15) is 0 Å².